The summed E-state index contributed by atoms with van der Waals surface area (Å²) in [6.07, 6.45) is 19.9. The Morgan fingerprint density at radius 3 is 1.31 bits per heavy atom. The van der Waals surface area contributed by atoms with Gasteiger partial charge in [0.25, 0.3) is 0 Å². The second kappa shape index (κ2) is 35.5. The number of hydrogen-bond donors (Lipinski definition) is 3. The number of hydrogen-bond acceptors (Lipinski definition) is 19. The number of benzene rings is 3. The fourth-order valence-corrected chi connectivity index (χ4v) is 20.4. The second-order valence-electron chi connectivity index (χ2n) is 31.2. The van der Waals surface area contributed by atoms with Gasteiger partial charge < -0.3 is 24.9 Å². The van der Waals surface area contributed by atoms with Gasteiger partial charge in [0.15, 0.2) is 16.9 Å². The van der Waals surface area contributed by atoms with E-state index in [1.165, 1.54) is 0 Å². The maximum atomic E-state index is 11.5. The van der Waals surface area contributed by atoms with Crippen LogP contribution in [0.15, 0.2) is 73.2 Å². The predicted octanol–water partition coefficient (Wildman–Crippen LogP) is 15.5. The number of fused-ring (bicyclic) bond motifs is 3. The molecule has 6 aromatic heterocycles. The number of carboxylic acid groups (broad SMARTS) is 2. The minimum absolute atomic E-state index is 0.0454. The molecular formula is C79H101Cl6N19O6S. The number of rotatable bonds is 21. The van der Waals surface area contributed by atoms with E-state index in [4.69, 9.17) is 130 Å². The Labute approximate surface area is 679 Å². The molecule has 0 saturated carbocycles. The minimum atomic E-state index is -3.44. The zero-order valence-electron chi connectivity index (χ0n) is 64.3. The monoisotopic (exact) mass is 1650 g/mol. The number of halogens is 6. The first-order chi connectivity index (χ1) is 53.0. The highest BCUT2D eigenvalue weighted by atomic mass is 35.5. The first-order valence-corrected chi connectivity index (χ1v) is 43.0. The van der Waals surface area contributed by atoms with E-state index in [9.17, 15) is 18.0 Å². The van der Waals surface area contributed by atoms with Gasteiger partial charge in [0, 0.05) is 118 Å². The Hall–Kier alpha value is -6.82. The number of primary sulfonamides is 1. The molecule has 15 rings (SSSR count). The van der Waals surface area contributed by atoms with Crippen molar-refractivity contribution < 1.29 is 28.2 Å². The van der Waals surface area contributed by atoms with E-state index < -0.39 is 22.0 Å². The number of anilines is 3. The van der Waals surface area contributed by atoms with Crippen LogP contribution in [0.1, 0.15) is 189 Å². The average Bonchev–Trinajstić information content (AvgIpc) is 1.64. The number of nitrogens with two attached hydrogens (primary N) is 1. The molecule has 0 spiro atoms. The van der Waals surface area contributed by atoms with Crippen LogP contribution in [0.2, 0.25) is 30.1 Å². The number of carboxylic acids is 2. The molecule has 111 heavy (non-hydrogen) atoms. The van der Waals surface area contributed by atoms with Crippen LogP contribution in [0.25, 0.3) is 33.5 Å². The molecule has 10 atom stereocenters. The van der Waals surface area contributed by atoms with E-state index >= 15 is 0 Å². The van der Waals surface area contributed by atoms with E-state index in [1.54, 1.807) is 18.2 Å². The summed E-state index contributed by atoms with van der Waals surface area (Å²) in [5.74, 6) is 1.60. The number of sulfonamides is 1. The molecule has 6 aliphatic rings. The van der Waals surface area contributed by atoms with Gasteiger partial charge in [-0.1, -0.05) is 94.7 Å². The number of aliphatic carboxylic acids is 2. The molecule has 9 aromatic rings. The Kier molecular flexibility index (Phi) is 26.3. The molecule has 12 heterocycles. The van der Waals surface area contributed by atoms with Gasteiger partial charge in [-0.05, 0) is 217 Å². The van der Waals surface area contributed by atoms with E-state index in [0.29, 0.717) is 78.7 Å². The molecule has 4 N–H and O–H groups in total. The third-order valence-corrected chi connectivity index (χ3v) is 26.4. The Bertz CT molecular complexity index is 4950. The van der Waals surface area contributed by atoms with Gasteiger partial charge in [0.1, 0.15) is 34.0 Å². The van der Waals surface area contributed by atoms with Gasteiger partial charge >= 0.3 is 11.9 Å². The normalized spacial score (nSPS) is 22.6. The van der Waals surface area contributed by atoms with Gasteiger partial charge in [-0.25, -0.2) is 57.5 Å². The van der Waals surface area contributed by atoms with Crippen LogP contribution in [-0.4, -0.2) is 205 Å². The summed E-state index contributed by atoms with van der Waals surface area (Å²) in [6, 6.07) is 18.9. The molecule has 3 aromatic carbocycles. The molecule has 6 fully saturated rings. The summed E-state index contributed by atoms with van der Waals surface area (Å²) < 4.78 is 28.8. The number of carbonyl (C=O) groups is 2. The van der Waals surface area contributed by atoms with E-state index in [2.05, 4.69) is 57.1 Å². The van der Waals surface area contributed by atoms with Gasteiger partial charge in [0.2, 0.25) is 10.0 Å². The van der Waals surface area contributed by atoms with Gasteiger partial charge in [0.05, 0.1) is 59.6 Å². The highest BCUT2D eigenvalue weighted by Crippen LogP contribution is 2.40. The molecule has 6 aliphatic heterocycles. The molecule has 0 radical (unpaired) electrons. The zero-order valence-corrected chi connectivity index (χ0v) is 69.6. The van der Waals surface area contributed by atoms with Crippen LogP contribution < -0.4 is 19.8 Å². The van der Waals surface area contributed by atoms with Crippen molar-refractivity contribution in [2.45, 2.75) is 219 Å². The number of aryl methyl sites for hydroxylation is 3. The summed E-state index contributed by atoms with van der Waals surface area (Å²) in [6.45, 7) is 24.1. The number of nitrogens with zero attached hydrogens (tertiary/aromatic N) is 18. The highest BCUT2D eigenvalue weighted by Gasteiger charge is 2.40. The maximum Gasteiger partial charge on any atom is 0.303 e. The lowest BCUT2D eigenvalue weighted by molar-refractivity contribution is -0.138. The average molecular weight is 1660 g/mol. The zero-order chi connectivity index (χ0) is 78.9. The molecule has 596 valence electrons. The SMILES string of the molecule is Cc1nn(C(C)c2ccc(Cl)cc2Cl)c2nc(N3CCC(N4CCCC4CCC(=O)O)CC3)cnc12.Cc1nn(C(C)c2ccc(Cl)cc2Cl)c2nc(N3CCC(N4CCCC4CCC(=O)O)CC3C)cnc12.Cc1nn(C(C)c2ccc(Cl)cc2Cl)c2nc(N3CCC(N4CCCC4CCS(N)(=O)=O)C(C)C3)cnc12. The van der Waals surface area contributed by atoms with Gasteiger partial charge in [-0.15, -0.1) is 0 Å². The highest BCUT2D eigenvalue weighted by molar-refractivity contribution is 7.89. The molecule has 32 heteroatoms. The first kappa shape index (κ1) is 82.2. The van der Waals surface area contributed by atoms with Crippen molar-refractivity contribution in [1.82, 2.24) is 73.9 Å². The van der Waals surface area contributed by atoms with Gasteiger partial charge in [-0.3, -0.25) is 24.3 Å². The third-order valence-electron chi connectivity index (χ3n) is 23.9. The van der Waals surface area contributed by atoms with Crippen LogP contribution in [0.4, 0.5) is 17.5 Å². The van der Waals surface area contributed by atoms with Crippen molar-refractivity contribution >= 4 is 143 Å². The fraction of sp³-hybridized carbons (Fsp3) is 0.557. The summed E-state index contributed by atoms with van der Waals surface area (Å²) in [7, 11) is -3.44. The van der Waals surface area contributed by atoms with Crippen molar-refractivity contribution in [3.05, 3.63) is 137 Å². The summed E-state index contributed by atoms with van der Waals surface area (Å²) in [5.41, 5.74) is 9.87. The van der Waals surface area contributed by atoms with Crippen LogP contribution in [-0.2, 0) is 19.6 Å². The Morgan fingerprint density at radius 1 is 0.505 bits per heavy atom. The largest absolute Gasteiger partial charge is 0.481 e. The number of likely N-dealkylation sites (tertiary alicyclic amines) is 3. The second-order valence-corrected chi connectivity index (χ2v) is 35.4. The summed E-state index contributed by atoms with van der Waals surface area (Å²) in [5, 5.41) is 41.4. The van der Waals surface area contributed by atoms with E-state index in [0.717, 1.165) is 221 Å². The van der Waals surface area contributed by atoms with Crippen LogP contribution in [0.5, 0.6) is 0 Å². The minimum Gasteiger partial charge on any atom is -0.481 e. The standard InChI is InChI=1S/C27H34Cl2N6O2.C26H35Cl2N7O2S.C26H32Cl2N6O2/c1-16-13-21(34-11-4-5-20(34)7-9-25(36)37)10-12-33(16)24-15-30-26-17(2)32-35(27(26)31-24)18(3)22-8-6-19(28)14-23(22)29;1-16-15-33(11-8-23(16)34-10-4-5-20(34)9-12-38(29,36)37)24-14-30-25-17(2)32-35(26(25)31-24)18(3)21-7-6-19(27)13-22(21)28;1-16-25-26(34(31-16)17(2)21-7-5-18(27)14-22(21)28)30-23(15-29-25)32-12-9-20(10-13-32)33-11-3-4-19(33)6-8-24(35)36/h6,8,14-16,18,20-21H,4-5,7,9-13H2,1-3H3,(H,36,37);6-7,13-14,16,18,20,23H,4-5,8-12,15H2,1-3H3,(H2,29,36,37);5,7,14-15,17,19-20H,3-4,6,8-13H2,1-2H3,(H,35,36). The molecule has 0 aliphatic carbocycles. The quantitative estimate of drug-likeness (QED) is 0.0602. The first-order valence-electron chi connectivity index (χ1n) is 39.0. The summed E-state index contributed by atoms with van der Waals surface area (Å²) >= 11 is 37.8. The lowest BCUT2D eigenvalue weighted by Crippen LogP contribution is -2.52. The van der Waals surface area contributed by atoms with Crippen molar-refractivity contribution in [3.8, 4) is 0 Å². The van der Waals surface area contributed by atoms with Crippen molar-refractivity contribution in [3.63, 3.8) is 0 Å². The Morgan fingerprint density at radius 2 is 0.892 bits per heavy atom. The van der Waals surface area contributed by atoms with Crippen LogP contribution >= 0.6 is 69.6 Å². The lowest BCUT2D eigenvalue weighted by Gasteiger charge is -2.43. The van der Waals surface area contributed by atoms with E-state index in [-0.39, 0.29) is 42.8 Å². The molecule has 6 saturated heterocycles. The number of piperidine rings is 3. The van der Waals surface area contributed by atoms with Crippen LogP contribution in [0, 0.1) is 26.7 Å². The lowest BCUT2D eigenvalue weighted by atomic mass is 9.91. The van der Waals surface area contributed by atoms with Crippen molar-refractivity contribution in [2.75, 3.05) is 72.8 Å². The number of aromatic nitrogens is 12. The van der Waals surface area contributed by atoms with Crippen molar-refractivity contribution in [2.24, 2.45) is 11.1 Å². The molecular weight excluding hydrogens is 1560 g/mol. The molecule has 0 bridgehead atoms. The topological polar surface area (TPSA) is 285 Å². The molecule has 10 unspecified atom stereocenters. The fourth-order valence-electron chi connectivity index (χ4n) is 18.1. The summed E-state index contributed by atoms with van der Waals surface area (Å²) in [4.78, 5) is 66.1. The third kappa shape index (κ3) is 18.8. The maximum absolute atomic E-state index is 11.5. The smallest absolute Gasteiger partial charge is 0.303 e. The van der Waals surface area contributed by atoms with Crippen molar-refractivity contribution in [1.29, 1.82) is 0 Å². The molecule has 0 amide bonds. The van der Waals surface area contributed by atoms with E-state index in [1.807, 2.05) is 96.7 Å². The molecule has 25 nitrogen and oxygen atoms in total. The van der Waals surface area contributed by atoms with Gasteiger partial charge in [-0.2, -0.15) is 15.3 Å². The van der Waals surface area contributed by atoms with Crippen LogP contribution in [0.3, 0.4) is 0 Å². The Balaban J connectivity index is 0.000000146. The predicted molar refractivity (Wildman–Crippen MR) is 441 cm³/mol.